The van der Waals surface area contributed by atoms with E-state index >= 15 is 0 Å². The van der Waals surface area contributed by atoms with Crippen LogP contribution in [0.15, 0.2) is 60.9 Å². The van der Waals surface area contributed by atoms with Gasteiger partial charge in [0.05, 0.1) is 10.6 Å². The second-order valence-corrected chi connectivity index (χ2v) is 5.83. The average Bonchev–Trinajstić information content (AvgIpc) is 3.16. The molecule has 0 aliphatic heterocycles. The first-order valence-corrected chi connectivity index (χ1v) is 8.40. The molecule has 4 rings (SSSR count). The second-order valence-electron chi connectivity index (χ2n) is 5.83. The third-order valence-corrected chi connectivity index (χ3v) is 4.04. The predicted molar refractivity (Wildman–Crippen MR) is 105 cm³/mol. The summed E-state index contributed by atoms with van der Waals surface area (Å²) >= 11 is 0. The Hall–Kier alpha value is -4.25. The van der Waals surface area contributed by atoms with E-state index in [0.717, 1.165) is 5.56 Å². The van der Waals surface area contributed by atoms with Crippen molar-refractivity contribution in [1.82, 2.24) is 19.5 Å². The van der Waals surface area contributed by atoms with E-state index in [4.69, 9.17) is 0 Å². The molecule has 4 aromatic rings. The molecule has 2 heterocycles. The maximum atomic E-state index is 11.1. The Bertz CT molecular complexity index is 1240. The molecule has 28 heavy (non-hydrogen) atoms. The zero-order valence-corrected chi connectivity index (χ0v) is 14.8. The normalized spacial score (nSPS) is 10.3. The summed E-state index contributed by atoms with van der Waals surface area (Å²) in [7, 11) is 1.74. The molecular weight excluding hydrogens is 356 g/mol. The molecule has 0 atom stereocenters. The summed E-state index contributed by atoms with van der Waals surface area (Å²) in [4.78, 5) is 23.9. The van der Waals surface area contributed by atoms with E-state index < -0.39 is 4.92 Å². The van der Waals surface area contributed by atoms with Gasteiger partial charge in [-0.25, -0.2) is 15.0 Å². The zero-order chi connectivity index (χ0) is 19.5. The summed E-state index contributed by atoms with van der Waals surface area (Å²) in [5.74, 6) is 6.86. The highest BCUT2D eigenvalue weighted by molar-refractivity contribution is 5.84. The zero-order valence-electron chi connectivity index (χ0n) is 14.8. The molecule has 0 aliphatic carbocycles. The largest absolute Gasteiger partial charge is 0.371 e. The van der Waals surface area contributed by atoms with E-state index in [9.17, 15) is 10.1 Å². The van der Waals surface area contributed by atoms with Crippen molar-refractivity contribution in [2.24, 2.45) is 0 Å². The van der Waals surface area contributed by atoms with Crippen LogP contribution >= 0.6 is 0 Å². The van der Waals surface area contributed by atoms with Crippen LogP contribution in [0.25, 0.3) is 16.9 Å². The number of aromatic nitrogens is 4. The van der Waals surface area contributed by atoms with Crippen LogP contribution in [0.1, 0.15) is 11.4 Å². The molecule has 0 saturated heterocycles. The van der Waals surface area contributed by atoms with Gasteiger partial charge in [0, 0.05) is 24.7 Å². The number of hydrogen-bond acceptors (Lipinski definition) is 6. The van der Waals surface area contributed by atoms with E-state index in [1.165, 1.54) is 12.1 Å². The summed E-state index contributed by atoms with van der Waals surface area (Å²) in [6.45, 7) is 0. The third kappa shape index (κ3) is 3.24. The van der Waals surface area contributed by atoms with Gasteiger partial charge in [-0.1, -0.05) is 30.2 Å². The van der Waals surface area contributed by atoms with Crippen LogP contribution < -0.4 is 5.32 Å². The summed E-state index contributed by atoms with van der Waals surface area (Å²) in [6.07, 6.45) is 1.56. The molecule has 0 bridgehead atoms. The molecule has 0 aliphatic rings. The topological polar surface area (TPSA) is 98.8 Å². The predicted octanol–water partition coefficient (Wildman–Crippen LogP) is 3.17. The molecule has 0 spiro atoms. The SMILES string of the molecule is CNc1nc(C#Cc2ccccc2)nc2c1ncn2-c1cccc([N+](=O)[O-])c1. The lowest BCUT2D eigenvalue weighted by Gasteiger charge is -2.05. The van der Waals surface area contributed by atoms with Gasteiger partial charge in [0.1, 0.15) is 6.33 Å². The highest BCUT2D eigenvalue weighted by Crippen LogP contribution is 2.23. The van der Waals surface area contributed by atoms with Gasteiger partial charge in [0.2, 0.25) is 5.82 Å². The first kappa shape index (κ1) is 17.2. The van der Waals surface area contributed by atoms with Gasteiger partial charge >= 0.3 is 0 Å². The van der Waals surface area contributed by atoms with Crippen LogP contribution in [-0.4, -0.2) is 31.5 Å². The molecule has 0 radical (unpaired) electrons. The minimum Gasteiger partial charge on any atom is -0.371 e. The minimum absolute atomic E-state index is 0.00802. The summed E-state index contributed by atoms with van der Waals surface area (Å²) in [6, 6.07) is 15.8. The van der Waals surface area contributed by atoms with Crippen molar-refractivity contribution in [3.8, 4) is 17.5 Å². The van der Waals surface area contributed by atoms with E-state index in [-0.39, 0.29) is 5.69 Å². The number of benzene rings is 2. The van der Waals surface area contributed by atoms with Gasteiger partial charge < -0.3 is 5.32 Å². The van der Waals surface area contributed by atoms with Crippen molar-refractivity contribution in [3.05, 3.63) is 82.4 Å². The Labute approximate surface area is 160 Å². The Morgan fingerprint density at radius 2 is 1.89 bits per heavy atom. The number of hydrogen-bond donors (Lipinski definition) is 1. The van der Waals surface area contributed by atoms with E-state index in [1.54, 1.807) is 30.1 Å². The fraction of sp³-hybridized carbons (Fsp3) is 0.0500. The molecule has 0 saturated carbocycles. The standard InChI is InChI=1S/C20H14N6O2/c1-21-19-18-20(24-17(23-19)11-10-14-6-3-2-4-7-14)25(13-22-18)15-8-5-9-16(12-15)26(27)28/h2-9,12-13H,1H3,(H,21,23,24). The number of fused-ring (bicyclic) bond motifs is 1. The molecular formula is C20H14N6O2. The maximum Gasteiger partial charge on any atom is 0.271 e. The number of non-ortho nitro benzene ring substituents is 1. The number of rotatable bonds is 3. The third-order valence-electron chi connectivity index (χ3n) is 4.04. The van der Waals surface area contributed by atoms with E-state index in [1.807, 2.05) is 30.3 Å². The summed E-state index contributed by atoms with van der Waals surface area (Å²) in [5.41, 5.74) is 2.49. The molecule has 136 valence electrons. The van der Waals surface area contributed by atoms with Crippen LogP contribution in [0.4, 0.5) is 11.5 Å². The Morgan fingerprint density at radius 3 is 2.64 bits per heavy atom. The fourth-order valence-electron chi connectivity index (χ4n) is 2.73. The van der Waals surface area contributed by atoms with Crippen LogP contribution in [-0.2, 0) is 0 Å². The first-order valence-electron chi connectivity index (χ1n) is 8.40. The molecule has 0 unspecified atom stereocenters. The number of anilines is 1. The van der Waals surface area contributed by atoms with Crippen molar-refractivity contribution in [2.45, 2.75) is 0 Å². The van der Waals surface area contributed by atoms with Crippen LogP contribution in [0, 0.1) is 22.0 Å². The Kier molecular flexibility index (Phi) is 4.40. The number of nitro groups is 1. The fourth-order valence-corrected chi connectivity index (χ4v) is 2.73. The lowest BCUT2D eigenvalue weighted by Crippen LogP contribution is -2.02. The quantitative estimate of drug-likeness (QED) is 0.338. The number of imidazole rings is 1. The molecule has 0 fully saturated rings. The lowest BCUT2D eigenvalue weighted by atomic mass is 10.2. The molecule has 8 heteroatoms. The average molecular weight is 370 g/mol. The van der Waals surface area contributed by atoms with Gasteiger partial charge in [-0.05, 0) is 24.1 Å². The van der Waals surface area contributed by atoms with Gasteiger partial charge in [0.15, 0.2) is 17.0 Å². The van der Waals surface area contributed by atoms with Gasteiger partial charge in [-0.3, -0.25) is 14.7 Å². The highest BCUT2D eigenvalue weighted by Gasteiger charge is 2.14. The minimum atomic E-state index is -0.437. The van der Waals surface area contributed by atoms with Crippen LogP contribution in [0.5, 0.6) is 0 Å². The van der Waals surface area contributed by atoms with Crippen molar-refractivity contribution in [1.29, 1.82) is 0 Å². The second kappa shape index (κ2) is 7.17. The van der Waals surface area contributed by atoms with Crippen molar-refractivity contribution < 1.29 is 4.92 Å². The van der Waals surface area contributed by atoms with Crippen LogP contribution in [0.2, 0.25) is 0 Å². The first-order chi connectivity index (χ1) is 13.7. The van der Waals surface area contributed by atoms with Gasteiger partial charge in [-0.2, -0.15) is 0 Å². The molecule has 0 amide bonds. The monoisotopic (exact) mass is 370 g/mol. The summed E-state index contributed by atoms with van der Waals surface area (Å²) in [5, 5.41) is 14.1. The van der Waals surface area contributed by atoms with Crippen molar-refractivity contribution in [2.75, 3.05) is 12.4 Å². The number of nitrogens with zero attached hydrogens (tertiary/aromatic N) is 5. The Morgan fingerprint density at radius 1 is 1.07 bits per heavy atom. The van der Waals surface area contributed by atoms with Crippen LogP contribution in [0.3, 0.4) is 0 Å². The van der Waals surface area contributed by atoms with Crippen molar-refractivity contribution >= 4 is 22.7 Å². The van der Waals surface area contributed by atoms with E-state index in [0.29, 0.717) is 28.5 Å². The van der Waals surface area contributed by atoms with E-state index in [2.05, 4.69) is 32.1 Å². The number of nitro benzene ring substituents is 1. The molecule has 2 aromatic heterocycles. The lowest BCUT2D eigenvalue weighted by molar-refractivity contribution is -0.384. The smallest absolute Gasteiger partial charge is 0.271 e. The molecule has 8 nitrogen and oxygen atoms in total. The Balaban J connectivity index is 1.85. The van der Waals surface area contributed by atoms with Gasteiger partial charge in [0.25, 0.3) is 5.69 Å². The summed E-state index contributed by atoms with van der Waals surface area (Å²) < 4.78 is 1.68. The highest BCUT2D eigenvalue weighted by atomic mass is 16.6. The number of nitrogens with one attached hydrogen (secondary N) is 1. The maximum absolute atomic E-state index is 11.1. The molecule has 1 N–H and O–H groups in total. The van der Waals surface area contributed by atoms with Gasteiger partial charge in [-0.15, -0.1) is 0 Å². The van der Waals surface area contributed by atoms with Crippen molar-refractivity contribution in [3.63, 3.8) is 0 Å². The molecule has 2 aromatic carbocycles.